The molecule has 0 aliphatic rings. The first kappa shape index (κ1) is 13.2. The summed E-state index contributed by atoms with van der Waals surface area (Å²) in [4.78, 5) is 12.1. The maximum atomic E-state index is 12.1. The average Bonchev–Trinajstić information content (AvgIpc) is 3.07. The van der Waals surface area contributed by atoms with Gasteiger partial charge in [0.1, 0.15) is 5.56 Å². The fourth-order valence-electron chi connectivity index (χ4n) is 2.12. The number of carbonyl (C=O) groups is 1. The third-order valence-corrected chi connectivity index (χ3v) is 3.08. The van der Waals surface area contributed by atoms with Crippen LogP contribution in [0.1, 0.15) is 16.1 Å². The summed E-state index contributed by atoms with van der Waals surface area (Å²) in [7, 11) is 3.22. The zero-order chi connectivity index (χ0) is 14.8. The van der Waals surface area contributed by atoms with E-state index in [1.54, 1.807) is 22.4 Å². The van der Waals surface area contributed by atoms with Crippen LogP contribution in [0.15, 0.2) is 36.7 Å². The van der Waals surface area contributed by atoms with Crippen molar-refractivity contribution in [3.63, 3.8) is 0 Å². The zero-order valence-corrected chi connectivity index (χ0v) is 11.8. The quantitative estimate of drug-likeness (QED) is 0.776. The molecule has 7 nitrogen and oxygen atoms in total. The van der Waals surface area contributed by atoms with Gasteiger partial charge in [0.15, 0.2) is 0 Å². The van der Waals surface area contributed by atoms with E-state index in [-0.39, 0.29) is 5.91 Å². The van der Waals surface area contributed by atoms with Gasteiger partial charge in [0.2, 0.25) is 5.88 Å². The second-order valence-electron chi connectivity index (χ2n) is 4.61. The van der Waals surface area contributed by atoms with Crippen molar-refractivity contribution < 1.29 is 9.53 Å². The number of nitrogens with one attached hydrogen (secondary N) is 1. The van der Waals surface area contributed by atoms with Gasteiger partial charge >= 0.3 is 0 Å². The van der Waals surface area contributed by atoms with Crippen molar-refractivity contribution in [2.75, 3.05) is 7.11 Å². The van der Waals surface area contributed by atoms with E-state index in [1.807, 2.05) is 30.5 Å². The van der Waals surface area contributed by atoms with Crippen LogP contribution in [0.5, 0.6) is 5.88 Å². The van der Waals surface area contributed by atoms with Gasteiger partial charge in [0, 0.05) is 19.4 Å². The first-order valence-electron chi connectivity index (χ1n) is 6.46. The Morgan fingerprint density at radius 3 is 3.00 bits per heavy atom. The molecule has 0 unspecified atom stereocenters. The highest BCUT2D eigenvalue weighted by Gasteiger charge is 2.16. The highest BCUT2D eigenvalue weighted by molar-refractivity contribution is 5.96. The molecule has 0 aliphatic heterocycles. The fraction of sp³-hybridized carbons (Fsp3) is 0.214. The van der Waals surface area contributed by atoms with Crippen LogP contribution in [-0.4, -0.2) is 32.4 Å². The molecular weight excluding hydrogens is 270 g/mol. The summed E-state index contributed by atoms with van der Waals surface area (Å²) >= 11 is 0. The Balaban J connectivity index is 1.73. The van der Waals surface area contributed by atoms with E-state index in [9.17, 15) is 4.79 Å². The molecular formula is C14H15N5O2. The molecule has 0 radical (unpaired) electrons. The lowest BCUT2D eigenvalue weighted by Crippen LogP contribution is -2.23. The Morgan fingerprint density at radius 2 is 2.24 bits per heavy atom. The van der Waals surface area contributed by atoms with E-state index in [2.05, 4.69) is 15.5 Å². The lowest BCUT2D eigenvalue weighted by molar-refractivity contribution is 0.0947. The number of ether oxygens (including phenoxy) is 1. The fourth-order valence-corrected chi connectivity index (χ4v) is 2.12. The van der Waals surface area contributed by atoms with Crippen molar-refractivity contribution in [3.05, 3.63) is 47.9 Å². The molecule has 0 spiro atoms. The number of nitrogens with zero attached hydrogens (tertiary/aromatic N) is 4. The van der Waals surface area contributed by atoms with Gasteiger partial charge < -0.3 is 10.1 Å². The van der Waals surface area contributed by atoms with E-state index >= 15 is 0 Å². The van der Waals surface area contributed by atoms with E-state index in [4.69, 9.17) is 4.74 Å². The van der Waals surface area contributed by atoms with Gasteiger partial charge in [-0.1, -0.05) is 6.07 Å². The van der Waals surface area contributed by atoms with Crippen LogP contribution in [0, 0.1) is 0 Å². The van der Waals surface area contributed by atoms with Gasteiger partial charge in [0.05, 0.1) is 24.9 Å². The van der Waals surface area contributed by atoms with Crippen molar-refractivity contribution in [1.29, 1.82) is 0 Å². The van der Waals surface area contributed by atoms with Crippen molar-refractivity contribution in [2.24, 2.45) is 7.05 Å². The molecule has 0 bridgehead atoms. The second kappa shape index (κ2) is 5.28. The van der Waals surface area contributed by atoms with Gasteiger partial charge in [0.25, 0.3) is 5.91 Å². The lowest BCUT2D eigenvalue weighted by atomic mass is 10.3. The Kier molecular flexibility index (Phi) is 3.31. The number of hydrogen-bond acceptors (Lipinski definition) is 4. The average molecular weight is 285 g/mol. The molecule has 0 aliphatic carbocycles. The molecule has 0 saturated heterocycles. The third-order valence-electron chi connectivity index (χ3n) is 3.08. The molecule has 0 fully saturated rings. The lowest BCUT2D eigenvalue weighted by Gasteiger charge is -2.02. The van der Waals surface area contributed by atoms with Crippen molar-refractivity contribution >= 4 is 11.4 Å². The summed E-state index contributed by atoms with van der Waals surface area (Å²) in [6.07, 6.45) is 3.49. The predicted molar refractivity (Wildman–Crippen MR) is 76.1 cm³/mol. The molecule has 0 aromatic carbocycles. The summed E-state index contributed by atoms with van der Waals surface area (Å²) in [5.74, 6) is 0.0713. The molecule has 0 saturated carbocycles. The highest BCUT2D eigenvalue weighted by atomic mass is 16.5. The number of carbonyl (C=O) groups excluding carboxylic acids is 1. The van der Waals surface area contributed by atoms with Crippen molar-refractivity contribution in [3.8, 4) is 5.88 Å². The summed E-state index contributed by atoms with van der Waals surface area (Å²) < 4.78 is 8.39. The molecule has 3 aromatic rings. The summed E-state index contributed by atoms with van der Waals surface area (Å²) in [6, 6.07) is 7.74. The monoisotopic (exact) mass is 285 g/mol. The molecule has 3 rings (SSSR count). The van der Waals surface area contributed by atoms with Crippen molar-refractivity contribution in [1.82, 2.24) is 24.7 Å². The molecule has 7 heteroatoms. The van der Waals surface area contributed by atoms with Crippen LogP contribution in [-0.2, 0) is 13.6 Å². The van der Waals surface area contributed by atoms with E-state index in [0.29, 0.717) is 18.0 Å². The van der Waals surface area contributed by atoms with Crippen LogP contribution in [0.3, 0.4) is 0 Å². The van der Waals surface area contributed by atoms with E-state index in [1.165, 1.54) is 7.11 Å². The van der Waals surface area contributed by atoms with Gasteiger partial charge in [-0.2, -0.15) is 5.10 Å². The number of aromatic nitrogens is 4. The molecule has 1 amide bonds. The Labute approximate surface area is 121 Å². The van der Waals surface area contributed by atoms with Crippen LogP contribution in [0.2, 0.25) is 0 Å². The second-order valence-corrected chi connectivity index (χ2v) is 4.61. The number of rotatable bonds is 4. The summed E-state index contributed by atoms with van der Waals surface area (Å²) in [6.45, 7) is 0.346. The van der Waals surface area contributed by atoms with E-state index in [0.717, 1.165) is 11.2 Å². The van der Waals surface area contributed by atoms with Crippen LogP contribution in [0.4, 0.5) is 0 Å². The molecule has 0 atom stereocenters. The number of fused-ring (bicyclic) bond motifs is 1. The molecule has 3 aromatic heterocycles. The Bertz CT molecular complexity index is 757. The van der Waals surface area contributed by atoms with Gasteiger partial charge in [-0.25, -0.2) is 4.52 Å². The first-order valence-corrected chi connectivity index (χ1v) is 6.46. The zero-order valence-electron chi connectivity index (χ0n) is 11.8. The SMILES string of the molecule is COc1nn(C)cc1C(=O)NCc1cc2ccccn2n1. The summed E-state index contributed by atoms with van der Waals surface area (Å²) in [5.41, 5.74) is 2.18. The topological polar surface area (TPSA) is 73.5 Å². The number of hydrogen-bond donors (Lipinski definition) is 1. The molecule has 21 heavy (non-hydrogen) atoms. The molecule has 3 heterocycles. The third kappa shape index (κ3) is 2.58. The Morgan fingerprint density at radius 1 is 1.38 bits per heavy atom. The van der Waals surface area contributed by atoms with Crippen molar-refractivity contribution in [2.45, 2.75) is 6.54 Å². The maximum absolute atomic E-state index is 12.1. The van der Waals surface area contributed by atoms with Gasteiger partial charge in [-0.3, -0.25) is 9.48 Å². The van der Waals surface area contributed by atoms with E-state index < -0.39 is 0 Å². The predicted octanol–water partition coefficient (Wildman–Crippen LogP) is 1.01. The van der Waals surface area contributed by atoms with Crippen LogP contribution >= 0.6 is 0 Å². The highest BCUT2D eigenvalue weighted by Crippen LogP contribution is 2.14. The normalized spacial score (nSPS) is 10.8. The van der Waals surface area contributed by atoms with Gasteiger partial charge in [-0.15, -0.1) is 5.10 Å². The smallest absolute Gasteiger partial charge is 0.258 e. The molecule has 108 valence electrons. The standard InChI is InChI=1S/C14H15N5O2/c1-18-9-12(14(17-18)21-2)13(20)15-8-10-7-11-5-3-4-6-19(11)16-10/h3-7,9H,8H2,1-2H3,(H,15,20). The number of aryl methyl sites for hydroxylation is 1. The maximum Gasteiger partial charge on any atom is 0.258 e. The van der Waals surface area contributed by atoms with Gasteiger partial charge in [-0.05, 0) is 18.2 Å². The first-order chi connectivity index (χ1) is 10.2. The number of pyridine rings is 1. The number of methoxy groups -OCH3 is 1. The molecule has 1 N–H and O–H groups in total. The largest absolute Gasteiger partial charge is 0.479 e. The summed E-state index contributed by atoms with van der Waals surface area (Å²) in [5, 5.41) is 11.2. The van der Waals surface area contributed by atoms with Crippen LogP contribution < -0.4 is 10.1 Å². The Hall–Kier alpha value is -2.83. The minimum absolute atomic E-state index is 0.239. The number of amides is 1. The minimum atomic E-state index is -0.239. The van der Waals surface area contributed by atoms with Crippen LogP contribution in [0.25, 0.3) is 5.52 Å². The minimum Gasteiger partial charge on any atom is -0.479 e.